The van der Waals surface area contributed by atoms with Crippen molar-refractivity contribution in [1.82, 2.24) is 5.32 Å². The number of aliphatic hydroxyl groups is 1. The fourth-order valence-electron chi connectivity index (χ4n) is 2.17. The first-order valence-electron chi connectivity index (χ1n) is 5.30. The van der Waals surface area contributed by atoms with Gasteiger partial charge in [-0.15, -0.1) is 0 Å². The molecule has 1 aliphatic heterocycles. The van der Waals surface area contributed by atoms with Crippen molar-refractivity contribution in [2.45, 2.75) is 5.92 Å². The zero-order valence-electron chi connectivity index (χ0n) is 8.94. The van der Waals surface area contributed by atoms with Crippen LogP contribution in [0.5, 0.6) is 5.75 Å². The Bertz CT molecular complexity index is 310. The van der Waals surface area contributed by atoms with Crippen molar-refractivity contribution in [3.05, 3.63) is 29.8 Å². The normalized spacial score (nSPS) is 25.5. The first-order valence-corrected chi connectivity index (χ1v) is 5.30. The molecule has 1 aromatic carbocycles. The molecule has 0 aliphatic carbocycles. The molecular weight excluding hydrogens is 190 g/mol. The van der Waals surface area contributed by atoms with Crippen LogP contribution in [0.2, 0.25) is 0 Å². The Labute approximate surface area is 90.1 Å². The molecule has 1 aromatic rings. The molecule has 1 aliphatic rings. The lowest BCUT2D eigenvalue weighted by Crippen LogP contribution is -2.14. The standard InChI is InChI=1S/C12H17NO2/c1-15-11-4-2-9(3-5-11)12-7-13-6-10(12)8-14/h2-5,10,12-14H,6-8H2,1H3/t10-,12+/m0/s1. The summed E-state index contributed by atoms with van der Waals surface area (Å²) >= 11 is 0. The molecule has 0 radical (unpaired) electrons. The van der Waals surface area contributed by atoms with Crippen LogP contribution in [-0.2, 0) is 0 Å². The van der Waals surface area contributed by atoms with Crippen LogP contribution >= 0.6 is 0 Å². The summed E-state index contributed by atoms with van der Waals surface area (Å²) in [5.74, 6) is 1.66. The van der Waals surface area contributed by atoms with Gasteiger partial charge in [-0.25, -0.2) is 0 Å². The summed E-state index contributed by atoms with van der Waals surface area (Å²) in [5.41, 5.74) is 1.28. The van der Waals surface area contributed by atoms with Crippen LogP contribution in [0.1, 0.15) is 11.5 Å². The fourth-order valence-corrected chi connectivity index (χ4v) is 2.17. The number of hydrogen-bond donors (Lipinski definition) is 2. The zero-order chi connectivity index (χ0) is 10.7. The number of nitrogens with one attached hydrogen (secondary N) is 1. The van der Waals surface area contributed by atoms with Gasteiger partial charge in [0.2, 0.25) is 0 Å². The van der Waals surface area contributed by atoms with E-state index in [1.807, 2.05) is 12.1 Å². The van der Waals surface area contributed by atoms with Crippen molar-refractivity contribution in [2.75, 3.05) is 26.8 Å². The van der Waals surface area contributed by atoms with Gasteiger partial charge in [-0.3, -0.25) is 0 Å². The van der Waals surface area contributed by atoms with Gasteiger partial charge in [0.15, 0.2) is 0 Å². The average molecular weight is 207 g/mol. The molecule has 0 aromatic heterocycles. The van der Waals surface area contributed by atoms with Gasteiger partial charge in [-0.2, -0.15) is 0 Å². The molecule has 2 rings (SSSR count). The van der Waals surface area contributed by atoms with Gasteiger partial charge in [0.1, 0.15) is 5.75 Å². The van der Waals surface area contributed by atoms with Crippen LogP contribution in [-0.4, -0.2) is 31.9 Å². The van der Waals surface area contributed by atoms with Crippen LogP contribution in [0.3, 0.4) is 0 Å². The van der Waals surface area contributed by atoms with Gasteiger partial charge >= 0.3 is 0 Å². The number of rotatable bonds is 3. The van der Waals surface area contributed by atoms with Gasteiger partial charge in [-0.1, -0.05) is 12.1 Å². The van der Waals surface area contributed by atoms with Crippen LogP contribution in [0.15, 0.2) is 24.3 Å². The van der Waals surface area contributed by atoms with E-state index in [2.05, 4.69) is 17.4 Å². The predicted octanol–water partition coefficient (Wildman–Crippen LogP) is 0.990. The van der Waals surface area contributed by atoms with Crippen molar-refractivity contribution >= 4 is 0 Å². The van der Waals surface area contributed by atoms with E-state index in [0.717, 1.165) is 18.8 Å². The van der Waals surface area contributed by atoms with Crippen molar-refractivity contribution in [3.8, 4) is 5.75 Å². The van der Waals surface area contributed by atoms with Crippen LogP contribution in [0, 0.1) is 5.92 Å². The molecule has 1 fully saturated rings. The Morgan fingerprint density at radius 3 is 2.67 bits per heavy atom. The van der Waals surface area contributed by atoms with Crippen LogP contribution in [0.4, 0.5) is 0 Å². The van der Waals surface area contributed by atoms with Gasteiger partial charge in [-0.05, 0) is 17.7 Å². The highest BCUT2D eigenvalue weighted by molar-refractivity contribution is 5.30. The van der Waals surface area contributed by atoms with Crippen molar-refractivity contribution in [1.29, 1.82) is 0 Å². The highest BCUT2D eigenvalue weighted by Gasteiger charge is 2.27. The molecule has 0 amide bonds. The largest absolute Gasteiger partial charge is 0.497 e. The summed E-state index contributed by atoms with van der Waals surface area (Å²) in [6.07, 6.45) is 0. The van der Waals surface area contributed by atoms with Crippen LogP contribution in [0.25, 0.3) is 0 Å². The second kappa shape index (κ2) is 4.64. The Balaban J connectivity index is 2.14. The van der Waals surface area contributed by atoms with E-state index < -0.39 is 0 Å². The average Bonchev–Trinajstić information content (AvgIpc) is 2.77. The highest BCUT2D eigenvalue weighted by atomic mass is 16.5. The maximum absolute atomic E-state index is 9.23. The minimum atomic E-state index is 0.254. The highest BCUT2D eigenvalue weighted by Crippen LogP contribution is 2.28. The Morgan fingerprint density at radius 1 is 1.33 bits per heavy atom. The SMILES string of the molecule is COc1ccc([C@H]2CNC[C@H]2CO)cc1. The lowest BCUT2D eigenvalue weighted by atomic mass is 9.89. The summed E-state index contributed by atoms with van der Waals surface area (Å²) in [4.78, 5) is 0. The Kier molecular flexibility index (Phi) is 3.23. The lowest BCUT2D eigenvalue weighted by Gasteiger charge is -2.16. The van der Waals surface area contributed by atoms with E-state index in [4.69, 9.17) is 4.74 Å². The molecule has 0 spiro atoms. The molecule has 0 bridgehead atoms. The third kappa shape index (κ3) is 2.13. The molecule has 0 unspecified atom stereocenters. The molecule has 82 valence electrons. The lowest BCUT2D eigenvalue weighted by molar-refractivity contribution is 0.226. The number of benzene rings is 1. The summed E-state index contributed by atoms with van der Waals surface area (Å²) in [6, 6.07) is 8.11. The smallest absolute Gasteiger partial charge is 0.118 e. The van der Waals surface area contributed by atoms with Crippen molar-refractivity contribution in [3.63, 3.8) is 0 Å². The Hall–Kier alpha value is -1.06. The molecule has 1 saturated heterocycles. The van der Waals surface area contributed by atoms with E-state index in [1.54, 1.807) is 7.11 Å². The van der Waals surface area contributed by atoms with E-state index in [9.17, 15) is 5.11 Å². The van der Waals surface area contributed by atoms with Crippen LogP contribution < -0.4 is 10.1 Å². The van der Waals surface area contributed by atoms with E-state index in [1.165, 1.54) is 5.56 Å². The topological polar surface area (TPSA) is 41.5 Å². The first kappa shape index (κ1) is 10.5. The van der Waals surface area contributed by atoms with Crippen molar-refractivity contribution in [2.24, 2.45) is 5.92 Å². The molecule has 0 saturated carbocycles. The molecule has 2 atom stereocenters. The molecular formula is C12H17NO2. The summed E-state index contributed by atoms with van der Waals surface area (Å²) < 4.78 is 5.12. The van der Waals surface area contributed by atoms with Gasteiger partial charge in [0.05, 0.1) is 7.11 Å². The minimum Gasteiger partial charge on any atom is -0.497 e. The number of aliphatic hydroxyl groups excluding tert-OH is 1. The number of ether oxygens (including phenoxy) is 1. The predicted molar refractivity (Wildman–Crippen MR) is 59.2 cm³/mol. The quantitative estimate of drug-likeness (QED) is 0.776. The summed E-state index contributed by atoms with van der Waals surface area (Å²) in [6.45, 7) is 2.12. The minimum absolute atomic E-state index is 0.254. The van der Waals surface area contributed by atoms with Crippen molar-refractivity contribution < 1.29 is 9.84 Å². The second-order valence-corrected chi connectivity index (χ2v) is 3.98. The van der Waals surface area contributed by atoms with E-state index in [0.29, 0.717) is 11.8 Å². The monoisotopic (exact) mass is 207 g/mol. The van der Waals surface area contributed by atoms with E-state index >= 15 is 0 Å². The van der Waals surface area contributed by atoms with Gasteiger partial charge in [0, 0.05) is 31.5 Å². The first-order chi connectivity index (χ1) is 7.35. The third-order valence-electron chi connectivity index (χ3n) is 3.12. The molecule has 2 N–H and O–H groups in total. The molecule has 3 nitrogen and oxygen atoms in total. The summed E-state index contributed by atoms with van der Waals surface area (Å²) in [5, 5.41) is 12.5. The molecule has 1 heterocycles. The maximum atomic E-state index is 9.23. The van der Waals surface area contributed by atoms with Gasteiger partial charge < -0.3 is 15.2 Å². The maximum Gasteiger partial charge on any atom is 0.118 e. The summed E-state index contributed by atoms with van der Waals surface area (Å²) in [7, 11) is 1.67. The Morgan fingerprint density at radius 2 is 2.07 bits per heavy atom. The number of methoxy groups -OCH3 is 1. The fraction of sp³-hybridized carbons (Fsp3) is 0.500. The second-order valence-electron chi connectivity index (χ2n) is 3.98. The molecule has 3 heteroatoms. The van der Waals surface area contributed by atoms with Gasteiger partial charge in [0.25, 0.3) is 0 Å². The number of hydrogen-bond acceptors (Lipinski definition) is 3. The third-order valence-corrected chi connectivity index (χ3v) is 3.12. The molecule has 15 heavy (non-hydrogen) atoms. The van der Waals surface area contributed by atoms with E-state index in [-0.39, 0.29) is 6.61 Å². The zero-order valence-corrected chi connectivity index (χ0v) is 8.94.